The van der Waals surface area contributed by atoms with Crippen LogP contribution >= 0.6 is 0 Å². The van der Waals surface area contributed by atoms with Gasteiger partial charge in [-0.3, -0.25) is 0 Å². The number of aromatic amines is 1. The summed E-state index contributed by atoms with van der Waals surface area (Å²) in [6.07, 6.45) is 1.07. The van der Waals surface area contributed by atoms with Gasteiger partial charge in [-0.15, -0.1) is 0 Å². The number of nitro groups is 1. The molecule has 1 rings (SSSR count). The van der Waals surface area contributed by atoms with Gasteiger partial charge in [0.1, 0.15) is 11.8 Å². The Hall–Kier alpha value is -1.85. The Balaban J connectivity index is 2.99. The van der Waals surface area contributed by atoms with Crippen molar-refractivity contribution < 1.29 is 14.8 Å². The molecule has 1 aromatic heterocycles. The summed E-state index contributed by atoms with van der Waals surface area (Å²) in [5, 5.41) is 18.4. The Labute approximate surface area is 60.6 Å². The molecule has 6 nitrogen and oxygen atoms in total. The van der Waals surface area contributed by atoms with E-state index in [0.29, 0.717) is 0 Å². The van der Waals surface area contributed by atoms with E-state index in [4.69, 9.17) is 5.11 Å². The molecule has 0 aromatic carbocycles. The molecule has 1 heterocycles. The maximum Gasteiger partial charge on any atom is 0.339 e. The molecule has 0 amide bonds. The van der Waals surface area contributed by atoms with Gasteiger partial charge < -0.3 is 15.2 Å². The van der Waals surface area contributed by atoms with Crippen molar-refractivity contribution in [2.24, 2.45) is 0 Å². The minimum Gasteiger partial charge on any atom is -0.478 e. The van der Waals surface area contributed by atoms with Crippen LogP contribution in [0.4, 0.5) is 5.82 Å². The molecule has 2 N–H and O–H groups in total. The number of H-pyrrole nitrogens is 1. The highest BCUT2D eigenvalue weighted by Crippen LogP contribution is 2.10. The quantitative estimate of drug-likeness (QED) is 0.484. The molecule has 6 heteroatoms. The highest BCUT2D eigenvalue weighted by Gasteiger charge is 2.11. The van der Waals surface area contributed by atoms with E-state index >= 15 is 0 Å². The summed E-state index contributed by atoms with van der Waals surface area (Å²) < 4.78 is 0. The molecule has 0 atom stereocenters. The molecule has 1 aromatic rings. The second-order valence-electron chi connectivity index (χ2n) is 1.84. The number of carbonyl (C=O) groups is 1. The standard InChI is InChI=1S/C5H4N2O4/c8-5(9)3-1-4(6-2-3)7(10)11/h1-2,6H,(H,8,9). The number of aromatic carboxylic acids is 1. The molecule has 0 aliphatic heterocycles. The summed E-state index contributed by atoms with van der Waals surface area (Å²) in [6, 6.07) is 0.961. The highest BCUT2D eigenvalue weighted by atomic mass is 16.6. The van der Waals surface area contributed by atoms with Gasteiger partial charge in [-0.2, -0.15) is 0 Å². The summed E-state index contributed by atoms with van der Waals surface area (Å²) in [5.74, 6) is -1.50. The van der Waals surface area contributed by atoms with Crippen LogP contribution in [-0.4, -0.2) is 21.0 Å². The Morgan fingerprint density at radius 3 is 2.64 bits per heavy atom. The number of rotatable bonds is 2. The summed E-state index contributed by atoms with van der Waals surface area (Å²) in [7, 11) is 0. The number of carboxylic acid groups (broad SMARTS) is 1. The fourth-order valence-corrected chi connectivity index (χ4v) is 0.611. The molecular weight excluding hydrogens is 152 g/mol. The van der Waals surface area contributed by atoms with E-state index in [2.05, 4.69) is 4.98 Å². The second kappa shape index (κ2) is 2.41. The molecule has 11 heavy (non-hydrogen) atoms. The predicted octanol–water partition coefficient (Wildman–Crippen LogP) is 0.621. The Morgan fingerprint density at radius 1 is 1.73 bits per heavy atom. The van der Waals surface area contributed by atoms with Gasteiger partial charge in [-0.05, 0) is 4.92 Å². The van der Waals surface area contributed by atoms with E-state index < -0.39 is 10.9 Å². The van der Waals surface area contributed by atoms with Crippen molar-refractivity contribution in [3.63, 3.8) is 0 Å². The molecule has 0 bridgehead atoms. The lowest BCUT2D eigenvalue weighted by molar-refractivity contribution is -0.389. The number of carboxylic acids is 1. The molecule has 0 radical (unpaired) electrons. The van der Waals surface area contributed by atoms with Crippen molar-refractivity contribution in [2.75, 3.05) is 0 Å². The largest absolute Gasteiger partial charge is 0.478 e. The Kier molecular flexibility index (Phi) is 1.59. The van der Waals surface area contributed by atoms with Crippen LogP contribution in [0, 0.1) is 10.1 Å². The third-order valence-electron chi connectivity index (χ3n) is 1.11. The van der Waals surface area contributed by atoms with Crippen molar-refractivity contribution in [1.82, 2.24) is 4.98 Å². The minimum absolute atomic E-state index is 0.114. The molecule has 58 valence electrons. The summed E-state index contributed by atoms with van der Waals surface area (Å²) in [4.78, 5) is 21.7. The van der Waals surface area contributed by atoms with Crippen LogP contribution in [0.15, 0.2) is 12.3 Å². The summed E-state index contributed by atoms with van der Waals surface area (Å²) >= 11 is 0. The van der Waals surface area contributed by atoms with Crippen molar-refractivity contribution in [3.8, 4) is 0 Å². The van der Waals surface area contributed by atoms with Crippen molar-refractivity contribution >= 4 is 11.8 Å². The van der Waals surface area contributed by atoms with Crippen LogP contribution in [0.1, 0.15) is 10.4 Å². The van der Waals surface area contributed by atoms with E-state index in [0.717, 1.165) is 12.3 Å². The molecule has 0 saturated carbocycles. The number of hydrogen-bond acceptors (Lipinski definition) is 3. The highest BCUT2D eigenvalue weighted by molar-refractivity contribution is 5.88. The van der Waals surface area contributed by atoms with Crippen LogP contribution in [0.5, 0.6) is 0 Å². The first-order valence-corrected chi connectivity index (χ1v) is 2.67. The lowest BCUT2D eigenvalue weighted by Gasteiger charge is -1.85. The Bertz CT molecular complexity index is 275. The minimum atomic E-state index is -1.19. The van der Waals surface area contributed by atoms with E-state index in [-0.39, 0.29) is 11.4 Å². The molecule has 0 aliphatic carbocycles. The van der Waals surface area contributed by atoms with Crippen LogP contribution in [-0.2, 0) is 0 Å². The van der Waals surface area contributed by atoms with Crippen molar-refractivity contribution in [1.29, 1.82) is 0 Å². The van der Waals surface area contributed by atoms with Gasteiger partial charge >= 0.3 is 11.8 Å². The van der Waals surface area contributed by atoms with Crippen LogP contribution < -0.4 is 0 Å². The van der Waals surface area contributed by atoms with Gasteiger partial charge in [-0.25, -0.2) is 9.78 Å². The van der Waals surface area contributed by atoms with Crippen LogP contribution in [0.25, 0.3) is 0 Å². The number of aromatic nitrogens is 1. The first-order valence-electron chi connectivity index (χ1n) is 2.67. The van der Waals surface area contributed by atoms with Crippen molar-refractivity contribution in [3.05, 3.63) is 27.9 Å². The third-order valence-corrected chi connectivity index (χ3v) is 1.11. The number of hydrogen-bond donors (Lipinski definition) is 2. The lowest BCUT2D eigenvalue weighted by atomic mass is 10.3. The normalized spacial score (nSPS) is 9.45. The van der Waals surface area contributed by atoms with E-state index in [9.17, 15) is 14.9 Å². The molecular formula is C5H4N2O4. The van der Waals surface area contributed by atoms with Gasteiger partial charge in [0.15, 0.2) is 0 Å². The molecule has 0 aliphatic rings. The first-order chi connectivity index (χ1) is 5.11. The maximum atomic E-state index is 10.2. The zero-order valence-electron chi connectivity index (χ0n) is 5.27. The first kappa shape index (κ1) is 7.26. The number of nitrogens with one attached hydrogen (secondary N) is 1. The topological polar surface area (TPSA) is 96.2 Å². The average molecular weight is 156 g/mol. The predicted molar refractivity (Wildman–Crippen MR) is 34.4 cm³/mol. The molecule has 0 spiro atoms. The van der Waals surface area contributed by atoms with Gasteiger partial charge in [0, 0.05) is 6.07 Å². The van der Waals surface area contributed by atoms with Crippen molar-refractivity contribution in [2.45, 2.75) is 0 Å². The Morgan fingerprint density at radius 2 is 2.36 bits per heavy atom. The van der Waals surface area contributed by atoms with E-state index in [1.54, 1.807) is 0 Å². The van der Waals surface area contributed by atoms with Crippen LogP contribution in [0.3, 0.4) is 0 Å². The lowest BCUT2D eigenvalue weighted by Crippen LogP contribution is -1.92. The van der Waals surface area contributed by atoms with Gasteiger partial charge in [0.2, 0.25) is 0 Å². The monoisotopic (exact) mass is 156 g/mol. The van der Waals surface area contributed by atoms with Gasteiger partial charge in [0.05, 0.1) is 0 Å². The summed E-state index contributed by atoms with van der Waals surface area (Å²) in [5.41, 5.74) is -0.114. The zero-order chi connectivity index (χ0) is 8.43. The van der Waals surface area contributed by atoms with E-state index in [1.165, 1.54) is 0 Å². The third kappa shape index (κ3) is 1.34. The average Bonchev–Trinajstić information content (AvgIpc) is 2.33. The smallest absolute Gasteiger partial charge is 0.339 e. The SMILES string of the molecule is O=C(O)c1c[nH]c([N+](=O)[O-])c1. The van der Waals surface area contributed by atoms with Crippen LogP contribution in [0.2, 0.25) is 0 Å². The molecule has 0 fully saturated rings. The fourth-order valence-electron chi connectivity index (χ4n) is 0.611. The molecule has 0 unspecified atom stereocenters. The molecule has 0 saturated heterocycles. The second-order valence-corrected chi connectivity index (χ2v) is 1.84. The zero-order valence-corrected chi connectivity index (χ0v) is 5.27. The maximum absolute atomic E-state index is 10.2. The van der Waals surface area contributed by atoms with Gasteiger partial charge in [0.25, 0.3) is 0 Å². The van der Waals surface area contributed by atoms with E-state index in [1.807, 2.05) is 0 Å². The summed E-state index contributed by atoms with van der Waals surface area (Å²) in [6.45, 7) is 0. The fraction of sp³-hybridized carbons (Fsp3) is 0. The van der Waals surface area contributed by atoms with Gasteiger partial charge in [-0.1, -0.05) is 0 Å². The number of nitrogens with zero attached hydrogens (tertiary/aromatic N) is 1.